The Hall–Kier alpha value is -0.920. The van der Waals surface area contributed by atoms with Crippen LogP contribution in [0.5, 0.6) is 0 Å². The Morgan fingerprint density at radius 2 is 1.69 bits per heavy atom. The third-order valence-electron chi connectivity index (χ3n) is 2.84. The minimum absolute atomic E-state index is 0.451. The number of aromatic nitrogens is 1. The molecule has 1 saturated heterocycles. The monoisotopic (exact) mass is 229 g/mol. The van der Waals surface area contributed by atoms with Crippen LogP contribution < -0.4 is 0 Å². The van der Waals surface area contributed by atoms with Gasteiger partial charge in [-0.1, -0.05) is 0 Å². The fraction of sp³-hybridized carbons (Fsp3) is 0.600. The van der Waals surface area contributed by atoms with E-state index in [-0.39, 0.29) is 0 Å². The third-order valence-corrected chi connectivity index (χ3v) is 2.84. The largest absolute Gasteiger partial charge is 0.394 e. The summed E-state index contributed by atoms with van der Waals surface area (Å²) in [5, 5.41) is 38.1. The molecule has 0 radical (unpaired) electrons. The summed E-state index contributed by atoms with van der Waals surface area (Å²) in [6, 6.07) is 2.71. The van der Waals surface area contributed by atoms with Crippen LogP contribution in [-0.2, 0) is 4.74 Å². The zero-order chi connectivity index (χ0) is 11.7. The molecule has 1 aliphatic rings. The molecule has 6 heteroatoms. The smallest absolute Gasteiger partial charge is 0.178 e. The molecule has 0 spiro atoms. The highest BCUT2D eigenvalue weighted by atomic mass is 16.6. The number of rotatable bonds is 2. The molecule has 0 aliphatic carbocycles. The third kappa shape index (κ3) is 1.85. The number of hydrogen-bond acceptors (Lipinski definition) is 5. The zero-order valence-corrected chi connectivity index (χ0v) is 8.55. The van der Waals surface area contributed by atoms with E-state index in [0.717, 1.165) is 0 Å². The van der Waals surface area contributed by atoms with Crippen LogP contribution in [-0.4, -0.2) is 56.2 Å². The lowest BCUT2D eigenvalue weighted by Gasteiger charge is -2.40. The lowest BCUT2D eigenvalue weighted by atomic mass is 9.97. The van der Waals surface area contributed by atoms with Crippen molar-refractivity contribution in [2.45, 2.75) is 30.6 Å². The predicted molar refractivity (Wildman–Crippen MR) is 53.4 cm³/mol. The van der Waals surface area contributed by atoms with Gasteiger partial charge in [-0.05, 0) is 12.1 Å². The molecule has 2 heterocycles. The van der Waals surface area contributed by atoms with Crippen LogP contribution in [0.25, 0.3) is 0 Å². The van der Waals surface area contributed by atoms with E-state index < -0.39 is 37.3 Å². The zero-order valence-electron chi connectivity index (χ0n) is 8.55. The van der Waals surface area contributed by atoms with Crippen molar-refractivity contribution in [1.82, 2.24) is 4.57 Å². The van der Waals surface area contributed by atoms with Crippen molar-refractivity contribution in [2.75, 3.05) is 6.61 Å². The summed E-state index contributed by atoms with van der Waals surface area (Å²) in [5.74, 6) is 0. The number of nitrogens with zero attached hydrogens (tertiary/aromatic N) is 1. The van der Waals surface area contributed by atoms with Crippen molar-refractivity contribution < 1.29 is 25.2 Å². The average Bonchev–Trinajstić information content (AvgIpc) is 2.77. The quantitative estimate of drug-likeness (QED) is 0.493. The second-order valence-electron chi connectivity index (χ2n) is 3.85. The Kier molecular flexibility index (Phi) is 3.27. The maximum Gasteiger partial charge on any atom is 0.178 e. The van der Waals surface area contributed by atoms with E-state index in [0.29, 0.717) is 0 Å². The Bertz CT molecular complexity index is 328. The van der Waals surface area contributed by atoms with Crippen LogP contribution in [0, 0.1) is 0 Å². The van der Waals surface area contributed by atoms with E-state index in [4.69, 9.17) is 9.84 Å². The van der Waals surface area contributed by atoms with Gasteiger partial charge in [-0.2, -0.15) is 0 Å². The van der Waals surface area contributed by atoms with Gasteiger partial charge in [0.05, 0.1) is 6.61 Å². The molecule has 90 valence electrons. The second kappa shape index (κ2) is 4.52. The maximum absolute atomic E-state index is 9.86. The van der Waals surface area contributed by atoms with Gasteiger partial charge in [0, 0.05) is 12.4 Å². The number of aliphatic hydroxyl groups is 4. The lowest BCUT2D eigenvalue weighted by Crippen LogP contribution is -2.55. The molecule has 1 aliphatic heterocycles. The molecular formula is C10H15NO5. The molecule has 1 aromatic rings. The van der Waals surface area contributed by atoms with Crippen molar-refractivity contribution in [1.29, 1.82) is 0 Å². The molecule has 1 aromatic heterocycles. The molecule has 5 atom stereocenters. The summed E-state index contributed by atoms with van der Waals surface area (Å²) >= 11 is 0. The fourth-order valence-electron chi connectivity index (χ4n) is 1.95. The normalized spacial score (nSPS) is 39.9. The first-order valence-electron chi connectivity index (χ1n) is 5.08. The summed E-state index contributed by atoms with van der Waals surface area (Å²) in [6.07, 6.45) is -1.31. The van der Waals surface area contributed by atoms with Gasteiger partial charge in [-0.15, -0.1) is 0 Å². The van der Waals surface area contributed by atoms with E-state index in [1.165, 1.54) is 0 Å². The van der Waals surface area contributed by atoms with E-state index >= 15 is 0 Å². The van der Waals surface area contributed by atoms with Crippen molar-refractivity contribution in [3.63, 3.8) is 0 Å². The van der Waals surface area contributed by atoms with Crippen molar-refractivity contribution in [3.8, 4) is 0 Å². The molecule has 2 rings (SSSR count). The summed E-state index contributed by atoms with van der Waals surface area (Å²) in [4.78, 5) is 0. The highest BCUT2D eigenvalue weighted by Crippen LogP contribution is 2.28. The van der Waals surface area contributed by atoms with Crippen LogP contribution in [0.3, 0.4) is 0 Å². The van der Waals surface area contributed by atoms with E-state index in [1.54, 1.807) is 29.1 Å². The predicted octanol–water partition coefficient (Wildman–Crippen LogP) is -1.54. The molecule has 4 N–H and O–H groups in total. The van der Waals surface area contributed by atoms with Crippen LogP contribution in [0.2, 0.25) is 0 Å². The van der Waals surface area contributed by atoms with Crippen molar-refractivity contribution in [2.24, 2.45) is 0 Å². The highest BCUT2D eigenvalue weighted by molar-refractivity contribution is 4.99. The van der Waals surface area contributed by atoms with Gasteiger partial charge in [0.1, 0.15) is 24.4 Å². The van der Waals surface area contributed by atoms with Gasteiger partial charge in [0.2, 0.25) is 0 Å². The molecule has 1 fully saturated rings. The topological polar surface area (TPSA) is 95.1 Å². The Morgan fingerprint density at radius 1 is 1.06 bits per heavy atom. The molecule has 0 saturated carbocycles. The van der Waals surface area contributed by atoms with Crippen LogP contribution >= 0.6 is 0 Å². The number of hydrogen-bond donors (Lipinski definition) is 4. The van der Waals surface area contributed by atoms with E-state index in [1.807, 2.05) is 0 Å². The molecule has 16 heavy (non-hydrogen) atoms. The molecule has 0 aromatic carbocycles. The summed E-state index contributed by atoms with van der Waals surface area (Å²) < 4.78 is 6.59. The average molecular weight is 229 g/mol. The highest BCUT2D eigenvalue weighted by Gasteiger charge is 2.44. The van der Waals surface area contributed by atoms with Gasteiger partial charge in [-0.25, -0.2) is 0 Å². The number of aliphatic hydroxyl groups excluding tert-OH is 4. The first-order valence-corrected chi connectivity index (χ1v) is 5.08. The molecule has 0 amide bonds. The Labute approximate surface area is 92.3 Å². The van der Waals surface area contributed by atoms with Gasteiger partial charge >= 0.3 is 0 Å². The summed E-state index contributed by atoms with van der Waals surface area (Å²) in [6.45, 7) is -0.451. The van der Waals surface area contributed by atoms with Gasteiger partial charge in [0.25, 0.3) is 0 Å². The second-order valence-corrected chi connectivity index (χ2v) is 3.85. The Balaban J connectivity index is 2.21. The van der Waals surface area contributed by atoms with E-state index in [2.05, 4.69) is 0 Å². The first-order chi connectivity index (χ1) is 7.65. The number of ether oxygens (including phenoxy) is 1. The van der Waals surface area contributed by atoms with Gasteiger partial charge < -0.3 is 29.7 Å². The van der Waals surface area contributed by atoms with Crippen molar-refractivity contribution in [3.05, 3.63) is 24.5 Å². The summed E-state index contributed by atoms with van der Waals surface area (Å²) in [7, 11) is 0. The lowest BCUT2D eigenvalue weighted by molar-refractivity contribution is -0.263. The molecule has 0 bridgehead atoms. The maximum atomic E-state index is 9.86. The molecule has 0 unspecified atom stereocenters. The van der Waals surface area contributed by atoms with Crippen molar-refractivity contribution >= 4 is 0 Å². The minimum atomic E-state index is -1.26. The van der Waals surface area contributed by atoms with E-state index in [9.17, 15) is 15.3 Å². The van der Waals surface area contributed by atoms with Crippen LogP contribution in [0.4, 0.5) is 0 Å². The van der Waals surface area contributed by atoms with Gasteiger partial charge in [-0.3, -0.25) is 0 Å². The SMILES string of the molecule is OC[C@H]1O[C@@H](O)[C@H](n2cccc2)[C@@H](O)[C@@H]1O. The minimum Gasteiger partial charge on any atom is -0.394 e. The molecule has 6 nitrogen and oxygen atoms in total. The Morgan fingerprint density at radius 3 is 2.25 bits per heavy atom. The summed E-state index contributed by atoms with van der Waals surface area (Å²) in [5.41, 5.74) is 0. The van der Waals surface area contributed by atoms with Crippen LogP contribution in [0.15, 0.2) is 24.5 Å². The van der Waals surface area contributed by atoms with Crippen LogP contribution in [0.1, 0.15) is 6.04 Å². The first kappa shape index (κ1) is 11.6. The molecular weight excluding hydrogens is 214 g/mol. The fourth-order valence-corrected chi connectivity index (χ4v) is 1.95. The van der Waals surface area contributed by atoms with Gasteiger partial charge in [0.15, 0.2) is 6.29 Å². The standard InChI is InChI=1S/C10H15NO5/c12-5-6-8(13)9(14)7(10(15)16-6)11-3-1-2-4-11/h1-4,6-10,12-15H,5H2/t6-,7-,8-,9-,10-/m1/s1.